The molecule has 174 valence electrons. The van der Waals surface area contributed by atoms with Crippen LogP contribution in [-0.4, -0.2) is 40.1 Å². The lowest BCUT2D eigenvalue weighted by Crippen LogP contribution is -2.50. The first-order valence-electron chi connectivity index (χ1n) is 10.4. The van der Waals surface area contributed by atoms with Gasteiger partial charge in [0, 0.05) is 23.9 Å². The van der Waals surface area contributed by atoms with Crippen LogP contribution in [0, 0.1) is 0 Å². The SMILES string of the molecule is O=C(COC(=O)c1ccc(N2NC(=O)CCC2=O)cc1)Nc1ccnn1Cc1ccccc1Cl. The summed E-state index contributed by atoms with van der Waals surface area (Å²) in [6.45, 7) is -0.146. The zero-order valence-corrected chi connectivity index (χ0v) is 18.6. The van der Waals surface area contributed by atoms with Crippen molar-refractivity contribution in [2.24, 2.45) is 0 Å². The average molecular weight is 482 g/mol. The van der Waals surface area contributed by atoms with Gasteiger partial charge in [0.2, 0.25) is 11.8 Å². The molecule has 3 aromatic rings. The number of amides is 3. The first-order valence-corrected chi connectivity index (χ1v) is 10.7. The van der Waals surface area contributed by atoms with Gasteiger partial charge in [0.1, 0.15) is 5.82 Å². The minimum Gasteiger partial charge on any atom is -0.452 e. The van der Waals surface area contributed by atoms with E-state index in [4.69, 9.17) is 16.3 Å². The molecule has 2 heterocycles. The van der Waals surface area contributed by atoms with E-state index in [0.29, 0.717) is 23.1 Å². The van der Waals surface area contributed by atoms with Crippen LogP contribution < -0.4 is 15.8 Å². The summed E-state index contributed by atoms with van der Waals surface area (Å²) in [5.41, 5.74) is 3.92. The number of nitrogens with zero attached hydrogens (tertiary/aromatic N) is 3. The number of aromatic nitrogens is 2. The molecule has 1 saturated heterocycles. The summed E-state index contributed by atoms with van der Waals surface area (Å²) in [6, 6.07) is 14.8. The summed E-state index contributed by atoms with van der Waals surface area (Å²) in [7, 11) is 0. The highest BCUT2D eigenvalue weighted by Gasteiger charge is 2.24. The minimum absolute atomic E-state index is 0.113. The molecule has 0 unspecified atom stereocenters. The van der Waals surface area contributed by atoms with Gasteiger partial charge in [0.15, 0.2) is 6.61 Å². The van der Waals surface area contributed by atoms with Gasteiger partial charge in [-0.2, -0.15) is 5.10 Å². The second-order valence-corrected chi connectivity index (χ2v) is 7.81. The number of hydrogen-bond donors (Lipinski definition) is 2. The number of hydrazine groups is 1. The second kappa shape index (κ2) is 10.2. The first-order chi connectivity index (χ1) is 16.4. The third-order valence-electron chi connectivity index (χ3n) is 5.01. The summed E-state index contributed by atoms with van der Waals surface area (Å²) in [6.07, 6.45) is 1.79. The molecule has 0 radical (unpaired) electrons. The second-order valence-electron chi connectivity index (χ2n) is 7.40. The van der Waals surface area contributed by atoms with E-state index in [1.165, 1.54) is 30.5 Å². The number of benzene rings is 2. The minimum atomic E-state index is -0.708. The molecule has 4 rings (SSSR count). The van der Waals surface area contributed by atoms with Crippen molar-refractivity contribution in [2.45, 2.75) is 19.4 Å². The van der Waals surface area contributed by atoms with Crippen molar-refractivity contribution in [3.8, 4) is 0 Å². The molecule has 0 atom stereocenters. The largest absolute Gasteiger partial charge is 0.452 e. The molecule has 34 heavy (non-hydrogen) atoms. The molecule has 0 bridgehead atoms. The predicted molar refractivity (Wildman–Crippen MR) is 123 cm³/mol. The summed E-state index contributed by atoms with van der Waals surface area (Å²) in [5.74, 6) is -1.32. The standard InChI is InChI=1S/C23H20ClN5O5/c24-18-4-2-1-3-16(18)13-28-19(11-12-25-28)26-21(31)14-34-23(33)15-5-7-17(8-6-15)29-22(32)10-9-20(30)27-29/h1-8,11-12H,9-10,13-14H2,(H,26,31)(H,27,30). The summed E-state index contributed by atoms with van der Waals surface area (Å²) < 4.78 is 6.66. The van der Waals surface area contributed by atoms with Crippen LogP contribution in [-0.2, 0) is 25.7 Å². The maximum Gasteiger partial charge on any atom is 0.338 e. The van der Waals surface area contributed by atoms with Crippen LogP contribution in [0.15, 0.2) is 60.8 Å². The highest BCUT2D eigenvalue weighted by Crippen LogP contribution is 2.19. The Kier molecular flexibility index (Phi) is 6.88. The van der Waals surface area contributed by atoms with Gasteiger partial charge in [-0.05, 0) is 35.9 Å². The topological polar surface area (TPSA) is 123 Å². The van der Waals surface area contributed by atoms with Gasteiger partial charge in [-0.15, -0.1) is 0 Å². The molecule has 0 saturated carbocycles. The lowest BCUT2D eigenvalue weighted by atomic mass is 10.2. The molecule has 11 heteroatoms. The molecule has 10 nitrogen and oxygen atoms in total. The Morgan fingerprint density at radius 2 is 1.82 bits per heavy atom. The van der Waals surface area contributed by atoms with Gasteiger partial charge in [0.25, 0.3) is 5.91 Å². The summed E-state index contributed by atoms with van der Waals surface area (Å²) in [4.78, 5) is 48.1. The number of anilines is 2. The molecule has 2 aromatic carbocycles. The van der Waals surface area contributed by atoms with Crippen LogP contribution in [0.2, 0.25) is 5.02 Å². The Labute approximate surface area is 199 Å². The molecular formula is C23H20ClN5O5. The van der Waals surface area contributed by atoms with Gasteiger partial charge >= 0.3 is 5.97 Å². The molecule has 1 aliphatic rings. The highest BCUT2D eigenvalue weighted by atomic mass is 35.5. The zero-order valence-electron chi connectivity index (χ0n) is 17.9. The van der Waals surface area contributed by atoms with E-state index in [1.807, 2.05) is 18.2 Å². The molecule has 1 aliphatic heterocycles. The van der Waals surface area contributed by atoms with E-state index in [9.17, 15) is 19.2 Å². The number of esters is 1. The van der Waals surface area contributed by atoms with Gasteiger partial charge in [-0.25, -0.2) is 14.5 Å². The Hall–Kier alpha value is -4.18. The van der Waals surface area contributed by atoms with Gasteiger partial charge in [-0.1, -0.05) is 29.8 Å². The number of ether oxygens (including phenoxy) is 1. The van der Waals surface area contributed by atoms with Crippen LogP contribution in [0.3, 0.4) is 0 Å². The Morgan fingerprint density at radius 1 is 1.06 bits per heavy atom. The van der Waals surface area contributed by atoms with Gasteiger partial charge < -0.3 is 10.1 Å². The lowest BCUT2D eigenvalue weighted by molar-refractivity contribution is -0.130. The van der Waals surface area contributed by atoms with Crippen molar-refractivity contribution in [1.29, 1.82) is 0 Å². The number of nitrogens with one attached hydrogen (secondary N) is 2. The van der Waals surface area contributed by atoms with Crippen LogP contribution in [0.5, 0.6) is 0 Å². The van der Waals surface area contributed by atoms with Crippen molar-refractivity contribution in [3.05, 3.63) is 76.9 Å². The van der Waals surface area contributed by atoms with E-state index in [2.05, 4.69) is 15.8 Å². The number of hydrogen-bond acceptors (Lipinski definition) is 6. The number of carbonyl (C=O) groups excluding carboxylic acids is 4. The third kappa shape index (κ3) is 5.41. The molecular weight excluding hydrogens is 462 g/mol. The Bertz CT molecular complexity index is 1240. The summed E-state index contributed by atoms with van der Waals surface area (Å²) >= 11 is 6.19. The first kappa shape index (κ1) is 23.0. The quantitative estimate of drug-likeness (QED) is 0.500. The van der Waals surface area contributed by atoms with E-state index < -0.39 is 18.5 Å². The molecule has 0 aliphatic carbocycles. The molecule has 1 fully saturated rings. The van der Waals surface area contributed by atoms with Gasteiger partial charge in [0.05, 0.1) is 24.0 Å². The Morgan fingerprint density at radius 3 is 2.59 bits per heavy atom. The fraction of sp³-hybridized carbons (Fsp3) is 0.174. The normalized spacial score (nSPS) is 13.4. The Balaban J connectivity index is 1.31. The van der Waals surface area contributed by atoms with Crippen molar-refractivity contribution >= 4 is 46.8 Å². The van der Waals surface area contributed by atoms with E-state index in [-0.39, 0.29) is 30.2 Å². The summed E-state index contributed by atoms with van der Waals surface area (Å²) in [5, 5.41) is 8.57. The smallest absolute Gasteiger partial charge is 0.338 e. The van der Waals surface area contributed by atoms with Gasteiger partial charge in [-0.3, -0.25) is 19.8 Å². The number of rotatable bonds is 7. The monoisotopic (exact) mass is 481 g/mol. The highest BCUT2D eigenvalue weighted by molar-refractivity contribution is 6.31. The van der Waals surface area contributed by atoms with Crippen LogP contribution in [0.1, 0.15) is 28.8 Å². The molecule has 3 amide bonds. The van der Waals surface area contributed by atoms with E-state index >= 15 is 0 Å². The number of halogens is 1. The van der Waals surface area contributed by atoms with E-state index in [1.54, 1.807) is 16.8 Å². The van der Waals surface area contributed by atoms with Crippen molar-refractivity contribution < 1.29 is 23.9 Å². The predicted octanol–water partition coefficient (Wildman–Crippen LogP) is 2.54. The van der Waals surface area contributed by atoms with Crippen molar-refractivity contribution in [1.82, 2.24) is 15.2 Å². The van der Waals surface area contributed by atoms with Crippen LogP contribution in [0.25, 0.3) is 0 Å². The fourth-order valence-corrected chi connectivity index (χ4v) is 3.47. The maximum absolute atomic E-state index is 12.3. The van der Waals surface area contributed by atoms with Crippen LogP contribution in [0.4, 0.5) is 11.5 Å². The number of carbonyl (C=O) groups is 4. The lowest BCUT2D eigenvalue weighted by Gasteiger charge is -2.27. The van der Waals surface area contributed by atoms with E-state index in [0.717, 1.165) is 10.6 Å². The van der Waals surface area contributed by atoms with Crippen molar-refractivity contribution in [2.75, 3.05) is 16.9 Å². The van der Waals surface area contributed by atoms with Crippen LogP contribution >= 0.6 is 11.6 Å². The van der Waals surface area contributed by atoms with Crippen molar-refractivity contribution in [3.63, 3.8) is 0 Å². The average Bonchev–Trinajstić information content (AvgIpc) is 3.27. The third-order valence-corrected chi connectivity index (χ3v) is 5.38. The zero-order chi connectivity index (χ0) is 24.1. The molecule has 0 spiro atoms. The fourth-order valence-electron chi connectivity index (χ4n) is 3.28. The molecule has 2 N–H and O–H groups in total. The molecule has 1 aromatic heterocycles. The maximum atomic E-state index is 12.3.